The van der Waals surface area contributed by atoms with Crippen LogP contribution < -0.4 is 4.90 Å². The summed E-state index contributed by atoms with van der Waals surface area (Å²) in [4.78, 5) is 27.1. The molecule has 8 heteroatoms. The van der Waals surface area contributed by atoms with Gasteiger partial charge in [-0.25, -0.2) is 14.0 Å². The van der Waals surface area contributed by atoms with Crippen molar-refractivity contribution in [2.24, 2.45) is 0 Å². The average molecular weight is 393 g/mol. The van der Waals surface area contributed by atoms with E-state index in [2.05, 4.69) is 0 Å². The van der Waals surface area contributed by atoms with Gasteiger partial charge in [0.05, 0.1) is 25.3 Å². The van der Waals surface area contributed by atoms with Crippen molar-refractivity contribution < 1.29 is 23.8 Å². The molecular formula is C19H18ClFN2O4. The number of rotatable bonds is 4. The second-order valence-electron chi connectivity index (χ2n) is 6.06. The molecule has 1 fully saturated rings. The molecule has 142 valence electrons. The van der Waals surface area contributed by atoms with Crippen molar-refractivity contribution in [2.45, 2.75) is 6.54 Å². The Morgan fingerprint density at radius 1 is 1.15 bits per heavy atom. The van der Waals surface area contributed by atoms with Crippen LogP contribution in [0.1, 0.15) is 15.9 Å². The molecule has 1 aliphatic rings. The highest BCUT2D eigenvalue weighted by atomic mass is 35.5. The summed E-state index contributed by atoms with van der Waals surface area (Å²) in [5.41, 5.74) is 0.642. The summed E-state index contributed by atoms with van der Waals surface area (Å²) in [5, 5.41) is 9.50. The van der Waals surface area contributed by atoms with E-state index >= 15 is 0 Å². The van der Waals surface area contributed by atoms with E-state index in [0.717, 1.165) is 6.07 Å². The predicted molar refractivity (Wildman–Crippen MR) is 98.8 cm³/mol. The van der Waals surface area contributed by atoms with Crippen molar-refractivity contribution in [2.75, 3.05) is 31.2 Å². The van der Waals surface area contributed by atoms with Crippen molar-refractivity contribution in [1.82, 2.24) is 4.90 Å². The highest BCUT2D eigenvalue weighted by Crippen LogP contribution is 2.23. The number of nitrogens with zero attached hydrogens (tertiary/aromatic N) is 2. The fourth-order valence-electron chi connectivity index (χ4n) is 2.79. The molecule has 0 aliphatic carbocycles. The molecule has 1 N–H and O–H groups in total. The molecule has 2 aromatic rings. The normalized spacial score (nSPS) is 14.1. The van der Waals surface area contributed by atoms with E-state index in [1.165, 1.54) is 17.0 Å². The summed E-state index contributed by atoms with van der Waals surface area (Å²) < 4.78 is 19.7. The summed E-state index contributed by atoms with van der Waals surface area (Å²) in [6, 6.07) is 10.1. The van der Waals surface area contributed by atoms with Gasteiger partial charge in [-0.2, -0.15) is 0 Å². The summed E-state index contributed by atoms with van der Waals surface area (Å²) >= 11 is 5.93. The number of hydrogen-bond donors (Lipinski definition) is 1. The molecule has 0 atom stereocenters. The Morgan fingerprint density at radius 3 is 2.41 bits per heavy atom. The highest BCUT2D eigenvalue weighted by Gasteiger charge is 2.25. The number of urea groups is 1. The van der Waals surface area contributed by atoms with E-state index in [4.69, 9.17) is 21.4 Å². The molecule has 0 unspecified atom stereocenters. The van der Waals surface area contributed by atoms with Crippen molar-refractivity contribution in [3.8, 4) is 0 Å². The number of amides is 2. The van der Waals surface area contributed by atoms with Crippen LogP contribution in [-0.4, -0.2) is 48.3 Å². The van der Waals surface area contributed by atoms with Crippen LogP contribution in [0.2, 0.25) is 5.02 Å². The van der Waals surface area contributed by atoms with Gasteiger partial charge < -0.3 is 14.7 Å². The number of halogens is 2. The van der Waals surface area contributed by atoms with Crippen molar-refractivity contribution >= 4 is 29.3 Å². The molecule has 27 heavy (non-hydrogen) atoms. The van der Waals surface area contributed by atoms with Crippen LogP contribution in [0.3, 0.4) is 0 Å². The first-order chi connectivity index (χ1) is 13.0. The molecule has 0 bridgehead atoms. The van der Waals surface area contributed by atoms with E-state index in [-0.39, 0.29) is 23.7 Å². The van der Waals surface area contributed by atoms with Crippen LogP contribution in [0.5, 0.6) is 0 Å². The quantitative estimate of drug-likeness (QED) is 0.862. The number of ether oxygens (including phenoxy) is 1. The molecule has 1 heterocycles. The largest absolute Gasteiger partial charge is 0.478 e. The number of carbonyl (C=O) groups excluding carboxylic acids is 1. The minimum absolute atomic E-state index is 0.0381. The van der Waals surface area contributed by atoms with Crippen LogP contribution >= 0.6 is 11.6 Å². The van der Waals surface area contributed by atoms with Crippen LogP contribution in [-0.2, 0) is 11.3 Å². The van der Waals surface area contributed by atoms with Gasteiger partial charge in [0.2, 0.25) is 0 Å². The predicted octanol–water partition coefficient (Wildman–Crippen LogP) is 3.64. The van der Waals surface area contributed by atoms with Gasteiger partial charge in [0.1, 0.15) is 5.82 Å². The topological polar surface area (TPSA) is 70.1 Å². The van der Waals surface area contributed by atoms with Crippen LogP contribution in [0, 0.1) is 5.82 Å². The fraction of sp³-hybridized carbons (Fsp3) is 0.263. The molecule has 1 saturated heterocycles. The van der Waals surface area contributed by atoms with E-state index < -0.39 is 11.8 Å². The minimum Gasteiger partial charge on any atom is -0.478 e. The molecule has 0 saturated carbocycles. The molecule has 2 aromatic carbocycles. The summed E-state index contributed by atoms with van der Waals surface area (Å²) in [6.07, 6.45) is 0. The fourth-order valence-corrected chi connectivity index (χ4v) is 2.92. The minimum atomic E-state index is -1.21. The van der Waals surface area contributed by atoms with Crippen LogP contribution in [0.4, 0.5) is 14.9 Å². The smallest absolute Gasteiger partial charge is 0.335 e. The van der Waals surface area contributed by atoms with Gasteiger partial charge in [-0.1, -0.05) is 17.7 Å². The van der Waals surface area contributed by atoms with E-state index in [1.807, 2.05) is 0 Å². The highest BCUT2D eigenvalue weighted by molar-refractivity contribution is 6.30. The number of carboxylic acids is 1. The summed E-state index contributed by atoms with van der Waals surface area (Å²) in [7, 11) is 0. The van der Waals surface area contributed by atoms with E-state index in [0.29, 0.717) is 37.0 Å². The first kappa shape index (κ1) is 19.1. The van der Waals surface area contributed by atoms with Gasteiger partial charge in [-0.15, -0.1) is 0 Å². The summed E-state index contributed by atoms with van der Waals surface area (Å²) in [5.74, 6) is -1.89. The SMILES string of the molecule is O=C(O)c1ccc(CN(C(=O)N2CCOCC2)c2ccc(Cl)cc2)c(F)c1. The van der Waals surface area contributed by atoms with Crippen molar-refractivity contribution in [1.29, 1.82) is 0 Å². The first-order valence-corrected chi connectivity index (χ1v) is 8.75. The lowest BCUT2D eigenvalue weighted by Gasteiger charge is -2.33. The number of carbonyl (C=O) groups is 2. The number of benzene rings is 2. The lowest BCUT2D eigenvalue weighted by molar-refractivity contribution is 0.0548. The lowest BCUT2D eigenvalue weighted by Crippen LogP contribution is -2.48. The van der Waals surface area contributed by atoms with Gasteiger partial charge in [0, 0.05) is 29.4 Å². The van der Waals surface area contributed by atoms with Gasteiger partial charge in [-0.3, -0.25) is 4.90 Å². The average Bonchev–Trinajstić information content (AvgIpc) is 2.68. The maximum absolute atomic E-state index is 14.4. The van der Waals surface area contributed by atoms with E-state index in [9.17, 15) is 14.0 Å². The zero-order valence-electron chi connectivity index (χ0n) is 14.4. The molecule has 0 radical (unpaired) electrons. The second kappa shape index (κ2) is 8.37. The Hall–Kier alpha value is -2.64. The van der Waals surface area contributed by atoms with Gasteiger partial charge in [0.15, 0.2) is 0 Å². The number of hydrogen-bond acceptors (Lipinski definition) is 3. The van der Waals surface area contributed by atoms with Crippen molar-refractivity contribution in [3.63, 3.8) is 0 Å². The number of anilines is 1. The van der Waals surface area contributed by atoms with Crippen LogP contribution in [0.15, 0.2) is 42.5 Å². The Balaban J connectivity index is 1.90. The third-order valence-corrected chi connectivity index (χ3v) is 4.53. The lowest BCUT2D eigenvalue weighted by atomic mass is 10.1. The summed E-state index contributed by atoms with van der Waals surface area (Å²) in [6.45, 7) is 1.75. The number of carboxylic acid groups (broad SMARTS) is 1. The molecule has 0 spiro atoms. The maximum atomic E-state index is 14.4. The first-order valence-electron chi connectivity index (χ1n) is 8.37. The molecule has 3 rings (SSSR count). The Kier molecular flexibility index (Phi) is 5.93. The Morgan fingerprint density at radius 2 is 1.81 bits per heavy atom. The van der Waals surface area contributed by atoms with Gasteiger partial charge in [-0.05, 0) is 36.4 Å². The van der Waals surface area contributed by atoms with Crippen LogP contribution in [0.25, 0.3) is 0 Å². The molecule has 1 aliphatic heterocycles. The van der Waals surface area contributed by atoms with Gasteiger partial charge >= 0.3 is 12.0 Å². The molecule has 2 amide bonds. The Labute approximate surface area is 160 Å². The molecule has 0 aromatic heterocycles. The maximum Gasteiger partial charge on any atom is 0.335 e. The molecule has 6 nitrogen and oxygen atoms in total. The monoisotopic (exact) mass is 392 g/mol. The zero-order valence-corrected chi connectivity index (χ0v) is 15.2. The van der Waals surface area contributed by atoms with E-state index in [1.54, 1.807) is 29.2 Å². The zero-order chi connectivity index (χ0) is 19.4. The standard InChI is InChI=1S/C19H18ClFN2O4/c20-15-3-5-16(6-4-15)23(19(26)22-7-9-27-10-8-22)12-14-2-1-13(18(24)25)11-17(14)21/h1-6,11H,7-10,12H2,(H,24,25). The molecular weight excluding hydrogens is 375 g/mol. The van der Waals surface area contributed by atoms with Gasteiger partial charge in [0.25, 0.3) is 0 Å². The second-order valence-corrected chi connectivity index (χ2v) is 6.49. The number of aromatic carboxylic acids is 1. The van der Waals surface area contributed by atoms with Crippen molar-refractivity contribution in [3.05, 3.63) is 64.4 Å². The third kappa shape index (κ3) is 4.56. The number of morpholine rings is 1. The third-order valence-electron chi connectivity index (χ3n) is 4.28. The Bertz CT molecular complexity index is 838.